The van der Waals surface area contributed by atoms with Gasteiger partial charge in [-0.25, -0.2) is 0 Å². The molecule has 1 nitrogen and oxygen atoms in total. The summed E-state index contributed by atoms with van der Waals surface area (Å²) in [7, 11) is 0. The molecule has 0 radical (unpaired) electrons. The molecule has 0 aliphatic rings. The summed E-state index contributed by atoms with van der Waals surface area (Å²) in [4.78, 5) is 0. The summed E-state index contributed by atoms with van der Waals surface area (Å²) in [5.74, 6) is 0. The van der Waals surface area contributed by atoms with E-state index in [2.05, 4.69) is 25.4 Å². The van der Waals surface area contributed by atoms with Crippen LogP contribution >= 0.6 is 0 Å². The molecule has 0 amide bonds. The second kappa shape index (κ2) is 8.28. The number of rotatable bonds is 7. The molecule has 0 bridgehead atoms. The van der Waals surface area contributed by atoms with Crippen molar-refractivity contribution in [1.82, 2.24) is 5.32 Å². The molecule has 1 N–H and O–H groups in total. The molecule has 0 atom stereocenters. The molecule has 0 aromatic rings. The molecule has 0 heterocycles. The minimum atomic E-state index is 1.03. The highest BCUT2D eigenvalue weighted by atomic mass is 14.8. The number of hydrogen-bond donors (Lipinski definition) is 1. The van der Waals surface area contributed by atoms with Crippen LogP contribution < -0.4 is 5.32 Å². The normalized spacial score (nSPS) is 11.2. The lowest BCUT2D eigenvalue weighted by Crippen LogP contribution is -2.16. The van der Waals surface area contributed by atoms with Crippen LogP contribution in [0.2, 0.25) is 0 Å². The number of nitrogens with one attached hydrogen (secondary N) is 1. The van der Waals surface area contributed by atoms with E-state index in [1.54, 1.807) is 6.08 Å². The van der Waals surface area contributed by atoms with Gasteiger partial charge in [0.05, 0.1) is 0 Å². The second-order valence-electron chi connectivity index (χ2n) is 2.68. The molecule has 0 fully saturated rings. The monoisotopic (exact) mass is 165 g/mol. The van der Waals surface area contributed by atoms with Crippen molar-refractivity contribution in [3.63, 3.8) is 0 Å². The highest BCUT2D eigenvalue weighted by Crippen LogP contribution is 2.00. The lowest BCUT2D eigenvalue weighted by molar-refractivity contribution is 0.672. The van der Waals surface area contributed by atoms with E-state index in [4.69, 9.17) is 0 Å². The van der Waals surface area contributed by atoms with Crippen molar-refractivity contribution in [3.05, 3.63) is 37.0 Å². The summed E-state index contributed by atoms with van der Waals surface area (Å²) in [6.45, 7) is 11.7. The topological polar surface area (TPSA) is 12.0 Å². The first-order valence-electron chi connectivity index (χ1n) is 4.49. The van der Waals surface area contributed by atoms with Crippen LogP contribution in [0.15, 0.2) is 37.0 Å². The zero-order valence-electron chi connectivity index (χ0n) is 7.97. The SMILES string of the molecule is C=C/C=C(\C=C)CCNCCC. The molecule has 0 aliphatic heterocycles. The maximum Gasteiger partial charge on any atom is -0.000836 e. The first-order chi connectivity index (χ1) is 5.85. The van der Waals surface area contributed by atoms with Crippen molar-refractivity contribution in [2.45, 2.75) is 19.8 Å². The second-order valence-corrected chi connectivity index (χ2v) is 2.68. The van der Waals surface area contributed by atoms with Crippen molar-refractivity contribution in [2.75, 3.05) is 13.1 Å². The Labute approximate surface area is 75.9 Å². The third kappa shape index (κ3) is 5.93. The molecule has 0 aromatic heterocycles. The highest BCUT2D eigenvalue weighted by Gasteiger charge is 1.89. The first kappa shape index (κ1) is 11.2. The van der Waals surface area contributed by atoms with Gasteiger partial charge < -0.3 is 5.32 Å². The number of allylic oxidation sites excluding steroid dienone is 3. The van der Waals surface area contributed by atoms with Gasteiger partial charge in [-0.05, 0) is 31.5 Å². The standard InChI is InChI=1S/C11H19N/c1-4-7-11(6-3)8-10-12-9-5-2/h4,6-7,12H,1,3,5,8-10H2,2H3/b11-7+. The molecule has 0 saturated carbocycles. The summed E-state index contributed by atoms with van der Waals surface area (Å²) >= 11 is 0. The Hall–Kier alpha value is -0.820. The van der Waals surface area contributed by atoms with E-state index in [9.17, 15) is 0 Å². The van der Waals surface area contributed by atoms with Crippen molar-refractivity contribution < 1.29 is 0 Å². The van der Waals surface area contributed by atoms with Crippen molar-refractivity contribution in [1.29, 1.82) is 0 Å². The van der Waals surface area contributed by atoms with Crippen LogP contribution in [0.4, 0.5) is 0 Å². The van der Waals surface area contributed by atoms with Gasteiger partial charge in [-0.15, -0.1) is 0 Å². The average molecular weight is 165 g/mol. The van der Waals surface area contributed by atoms with E-state index >= 15 is 0 Å². The molecular formula is C11H19N. The lowest BCUT2D eigenvalue weighted by Gasteiger charge is -2.02. The molecule has 1 heteroatoms. The highest BCUT2D eigenvalue weighted by molar-refractivity contribution is 5.20. The summed E-state index contributed by atoms with van der Waals surface area (Å²) in [6.07, 6.45) is 7.91. The van der Waals surface area contributed by atoms with E-state index < -0.39 is 0 Å². The van der Waals surface area contributed by atoms with E-state index in [1.165, 1.54) is 12.0 Å². The van der Waals surface area contributed by atoms with Crippen LogP contribution in [0.1, 0.15) is 19.8 Å². The third-order valence-corrected chi connectivity index (χ3v) is 1.61. The lowest BCUT2D eigenvalue weighted by atomic mass is 10.2. The fourth-order valence-electron chi connectivity index (χ4n) is 0.939. The minimum Gasteiger partial charge on any atom is -0.316 e. The van der Waals surface area contributed by atoms with Crippen LogP contribution in [-0.4, -0.2) is 13.1 Å². The van der Waals surface area contributed by atoms with Gasteiger partial charge in [0.25, 0.3) is 0 Å². The molecule has 0 saturated heterocycles. The Morgan fingerprint density at radius 3 is 2.58 bits per heavy atom. The van der Waals surface area contributed by atoms with E-state index in [0.29, 0.717) is 0 Å². The zero-order chi connectivity index (χ0) is 9.23. The summed E-state index contributed by atoms with van der Waals surface area (Å²) < 4.78 is 0. The molecule has 0 aromatic carbocycles. The van der Waals surface area contributed by atoms with Crippen LogP contribution in [-0.2, 0) is 0 Å². The summed E-state index contributed by atoms with van der Waals surface area (Å²) in [5, 5.41) is 3.34. The van der Waals surface area contributed by atoms with E-state index in [0.717, 1.165) is 19.5 Å². The van der Waals surface area contributed by atoms with Gasteiger partial charge >= 0.3 is 0 Å². The fourth-order valence-corrected chi connectivity index (χ4v) is 0.939. The molecule has 0 unspecified atom stereocenters. The summed E-state index contributed by atoms with van der Waals surface area (Å²) in [5.41, 5.74) is 1.24. The van der Waals surface area contributed by atoms with Gasteiger partial charge in [0.1, 0.15) is 0 Å². The largest absolute Gasteiger partial charge is 0.316 e. The predicted molar refractivity (Wildman–Crippen MR) is 56.3 cm³/mol. The van der Waals surface area contributed by atoms with Gasteiger partial charge in [0.2, 0.25) is 0 Å². The van der Waals surface area contributed by atoms with Crippen molar-refractivity contribution >= 4 is 0 Å². The number of hydrogen-bond acceptors (Lipinski definition) is 1. The Bertz CT molecular complexity index is 156. The smallest absolute Gasteiger partial charge is 0.000836 e. The van der Waals surface area contributed by atoms with E-state index in [-0.39, 0.29) is 0 Å². The minimum absolute atomic E-state index is 1.03. The fraction of sp³-hybridized carbons (Fsp3) is 0.455. The first-order valence-corrected chi connectivity index (χ1v) is 4.49. The average Bonchev–Trinajstić information content (AvgIpc) is 2.10. The molecule has 12 heavy (non-hydrogen) atoms. The Kier molecular flexibility index (Phi) is 7.71. The third-order valence-electron chi connectivity index (χ3n) is 1.61. The predicted octanol–water partition coefficient (Wildman–Crippen LogP) is 2.67. The Morgan fingerprint density at radius 2 is 2.08 bits per heavy atom. The quantitative estimate of drug-likeness (QED) is 0.452. The maximum atomic E-state index is 3.73. The molecule has 0 rings (SSSR count). The van der Waals surface area contributed by atoms with Gasteiger partial charge in [0, 0.05) is 0 Å². The molecule has 0 spiro atoms. The maximum absolute atomic E-state index is 3.73. The van der Waals surface area contributed by atoms with Gasteiger partial charge in [-0.3, -0.25) is 0 Å². The molecule has 0 aliphatic carbocycles. The van der Waals surface area contributed by atoms with Gasteiger partial charge in [-0.2, -0.15) is 0 Å². The van der Waals surface area contributed by atoms with E-state index in [1.807, 2.05) is 12.2 Å². The van der Waals surface area contributed by atoms with Crippen LogP contribution in [0.3, 0.4) is 0 Å². The van der Waals surface area contributed by atoms with Crippen LogP contribution in [0, 0.1) is 0 Å². The van der Waals surface area contributed by atoms with Crippen molar-refractivity contribution in [3.8, 4) is 0 Å². The Morgan fingerprint density at radius 1 is 1.33 bits per heavy atom. The van der Waals surface area contributed by atoms with Gasteiger partial charge in [-0.1, -0.05) is 38.3 Å². The Balaban J connectivity index is 3.51. The van der Waals surface area contributed by atoms with Crippen LogP contribution in [0.5, 0.6) is 0 Å². The molecular weight excluding hydrogens is 146 g/mol. The van der Waals surface area contributed by atoms with Crippen molar-refractivity contribution in [2.24, 2.45) is 0 Å². The molecule has 68 valence electrons. The van der Waals surface area contributed by atoms with Crippen LogP contribution in [0.25, 0.3) is 0 Å². The zero-order valence-corrected chi connectivity index (χ0v) is 7.97. The summed E-state index contributed by atoms with van der Waals surface area (Å²) in [6, 6.07) is 0. The van der Waals surface area contributed by atoms with Gasteiger partial charge in [0.15, 0.2) is 0 Å².